The number of nitrogens with one attached hydrogen (secondary N) is 2. The first-order chi connectivity index (χ1) is 8.31. The third kappa shape index (κ3) is 3.17. The number of rotatable bonds is 5. The van der Waals surface area contributed by atoms with Crippen LogP contribution in [-0.4, -0.2) is 18.1 Å². The van der Waals surface area contributed by atoms with E-state index in [4.69, 9.17) is 5.73 Å². The maximum Gasteiger partial charge on any atom is 0.248 e. The normalized spacial score (nSPS) is 19.0. The Bertz CT molecular complexity index is 413. The molecule has 1 heterocycles. The van der Waals surface area contributed by atoms with Gasteiger partial charge in [0.15, 0.2) is 0 Å². The minimum Gasteiger partial charge on any atom is -0.330 e. The Hall–Kier alpha value is -1.13. The SMILES string of the molecule is NCCCCNC1CCCc2[nH]c(=O)ccc21. The molecule has 0 saturated carbocycles. The third-order valence-corrected chi connectivity index (χ3v) is 3.35. The van der Waals surface area contributed by atoms with Crippen LogP contribution in [0, 0.1) is 0 Å². The average Bonchev–Trinajstić information content (AvgIpc) is 2.34. The van der Waals surface area contributed by atoms with Crippen molar-refractivity contribution in [3.8, 4) is 0 Å². The van der Waals surface area contributed by atoms with Gasteiger partial charge in [0.25, 0.3) is 0 Å². The van der Waals surface area contributed by atoms with Gasteiger partial charge in [-0.05, 0) is 50.8 Å². The van der Waals surface area contributed by atoms with Crippen molar-refractivity contribution in [3.05, 3.63) is 33.7 Å². The number of fused-ring (bicyclic) bond motifs is 1. The van der Waals surface area contributed by atoms with E-state index in [-0.39, 0.29) is 5.56 Å². The van der Waals surface area contributed by atoms with E-state index in [2.05, 4.69) is 10.3 Å². The summed E-state index contributed by atoms with van der Waals surface area (Å²) < 4.78 is 0. The number of H-pyrrole nitrogens is 1. The average molecular weight is 235 g/mol. The highest BCUT2D eigenvalue weighted by Crippen LogP contribution is 2.27. The summed E-state index contributed by atoms with van der Waals surface area (Å²) in [6.45, 7) is 1.76. The summed E-state index contributed by atoms with van der Waals surface area (Å²) in [4.78, 5) is 14.2. The molecule has 1 aliphatic rings. The first-order valence-electron chi connectivity index (χ1n) is 6.47. The topological polar surface area (TPSA) is 70.9 Å². The van der Waals surface area contributed by atoms with Crippen molar-refractivity contribution < 1.29 is 0 Å². The molecule has 1 unspecified atom stereocenters. The third-order valence-electron chi connectivity index (χ3n) is 3.35. The van der Waals surface area contributed by atoms with Crippen molar-refractivity contribution in [2.45, 2.75) is 38.1 Å². The van der Waals surface area contributed by atoms with Gasteiger partial charge in [0.05, 0.1) is 0 Å². The Labute approximate surface area is 102 Å². The number of hydrogen-bond donors (Lipinski definition) is 3. The summed E-state index contributed by atoms with van der Waals surface area (Å²) in [5.41, 5.74) is 7.86. The van der Waals surface area contributed by atoms with Gasteiger partial charge in [-0.25, -0.2) is 0 Å². The second-order valence-electron chi connectivity index (χ2n) is 4.65. The molecule has 0 spiro atoms. The zero-order chi connectivity index (χ0) is 12.1. The molecule has 1 aromatic heterocycles. The Morgan fingerprint density at radius 1 is 1.41 bits per heavy atom. The van der Waals surface area contributed by atoms with Gasteiger partial charge in [0.1, 0.15) is 0 Å². The number of aromatic nitrogens is 1. The first kappa shape index (κ1) is 12.3. The second kappa shape index (κ2) is 5.98. The monoisotopic (exact) mass is 235 g/mol. The van der Waals surface area contributed by atoms with Crippen LogP contribution in [-0.2, 0) is 6.42 Å². The maximum absolute atomic E-state index is 11.3. The molecule has 0 amide bonds. The van der Waals surface area contributed by atoms with Crippen LogP contribution in [0.25, 0.3) is 0 Å². The smallest absolute Gasteiger partial charge is 0.248 e. The van der Waals surface area contributed by atoms with E-state index in [0.29, 0.717) is 6.04 Å². The number of nitrogens with two attached hydrogens (primary N) is 1. The summed E-state index contributed by atoms with van der Waals surface area (Å²) in [5.74, 6) is 0. The molecule has 0 radical (unpaired) electrons. The van der Waals surface area contributed by atoms with E-state index < -0.39 is 0 Å². The molecule has 0 fully saturated rings. The van der Waals surface area contributed by atoms with Gasteiger partial charge < -0.3 is 16.0 Å². The van der Waals surface area contributed by atoms with E-state index in [0.717, 1.165) is 50.9 Å². The van der Waals surface area contributed by atoms with Crippen molar-refractivity contribution in [1.82, 2.24) is 10.3 Å². The number of aromatic amines is 1. The summed E-state index contributed by atoms with van der Waals surface area (Å²) >= 11 is 0. The summed E-state index contributed by atoms with van der Waals surface area (Å²) in [5, 5.41) is 3.55. The van der Waals surface area contributed by atoms with Crippen molar-refractivity contribution >= 4 is 0 Å². The van der Waals surface area contributed by atoms with Crippen LogP contribution >= 0.6 is 0 Å². The molecule has 0 bridgehead atoms. The molecule has 4 heteroatoms. The number of pyridine rings is 1. The van der Waals surface area contributed by atoms with Crippen LogP contribution in [0.1, 0.15) is 43.0 Å². The van der Waals surface area contributed by atoms with E-state index in [1.165, 1.54) is 5.56 Å². The highest BCUT2D eigenvalue weighted by molar-refractivity contribution is 5.26. The summed E-state index contributed by atoms with van der Waals surface area (Å²) in [6.07, 6.45) is 5.47. The van der Waals surface area contributed by atoms with Gasteiger partial charge in [-0.15, -0.1) is 0 Å². The Morgan fingerprint density at radius 2 is 2.29 bits per heavy atom. The minimum atomic E-state index is 0.00697. The van der Waals surface area contributed by atoms with Gasteiger partial charge in [0, 0.05) is 17.8 Å². The second-order valence-corrected chi connectivity index (χ2v) is 4.65. The molecule has 2 rings (SSSR count). The van der Waals surface area contributed by atoms with E-state index in [1.54, 1.807) is 6.07 Å². The van der Waals surface area contributed by atoms with Gasteiger partial charge in [-0.1, -0.05) is 6.07 Å². The van der Waals surface area contributed by atoms with Gasteiger partial charge in [-0.2, -0.15) is 0 Å². The lowest BCUT2D eigenvalue weighted by molar-refractivity contribution is 0.448. The van der Waals surface area contributed by atoms with Crippen LogP contribution in [0.2, 0.25) is 0 Å². The molecular weight excluding hydrogens is 214 g/mol. The quantitative estimate of drug-likeness (QED) is 0.669. The Morgan fingerprint density at radius 3 is 3.12 bits per heavy atom. The number of hydrogen-bond acceptors (Lipinski definition) is 3. The molecule has 0 aliphatic heterocycles. The first-order valence-corrected chi connectivity index (χ1v) is 6.47. The highest BCUT2D eigenvalue weighted by atomic mass is 16.1. The fourth-order valence-corrected chi connectivity index (χ4v) is 2.46. The minimum absolute atomic E-state index is 0.00697. The Kier molecular flexibility index (Phi) is 4.34. The molecule has 1 atom stereocenters. The van der Waals surface area contributed by atoms with Gasteiger partial charge >= 0.3 is 0 Å². The fraction of sp³-hybridized carbons (Fsp3) is 0.615. The van der Waals surface area contributed by atoms with Crippen LogP contribution < -0.4 is 16.6 Å². The summed E-state index contributed by atoms with van der Waals surface area (Å²) in [6, 6.07) is 3.99. The van der Waals surface area contributed by atoms with E-state index in [1.807, 2.05) is 6.07 Å². The molecule has 1 aliphatic carbocycles. The molecule has 94 valence electrons. The van der Waals surface area contributed by atoms with Gasteiger partial charge in [-0.3, -0.25) is 4.79 Å². The Balaban J connectivity index is 1.99. The lowest BCUT2D eigenvalue weighted by atomic mass is 9.91. The molecule has 4 N–H and O–H groups in total. The van der Waals surface area contributed by atoms with Crippen molar-refractivity contribution in [1.29, 1.82) is 0 Å². The van der Waals surface area contributed by atoms with E-state index >= 15 is 0 Å². The van der Waals surface area contributed by atoms with Gasteiger partial charge in [0.2, 0.25) is 5.56 Å². The van der Waals surface area contributed by atoms with Crippen LogP contribution in [0.5, 0.6) is 0 Å². The van der Waals surface area contributed by atoms with Crippen molar-refractivity contribution in [3.63, 3.8) is 0 Å². The number of unbranched alkanes of at least 4 members (excludes halogenated alkanes) is 1. The van der Waals surface area contributed by atoms with Crippen LogP contribution in [0.3, 0.4) is 0 Å². The van der Waals surface area contributed by atoms with Crippen LogP contribution in [0.4, 0.5) is 0 Å². The number of aryl methyl sites for hydroxylation is 1. The molecule has 4 nitrogen and oxygen atoms in total. The van der Waals surface area contributed by atoms with Crippen molar-refractivity contribution in [2.75, 3.05) is 13.1 Å². The highest BCUT2D eigenvalue weighted by Gasteiger charge is 2.19. The molecule has 17 heavy (non-hydrogen) atoms. The zero-order valence-electron chi connectivity index (χ0n) is 10.2. The largest absolute Gasteiger partial charge is 0.330 e. The lowest BCUT2D eigenvalue weighted by Gasteiger charge is -2.26. The maximum atomic E-state index is 11.3. The molecular formula is C13H21N3O. The molecule has 0 saturated heterocycles. The van der Waals surface area contributed by atoms with Crippen LogP contribution in [0.15, 0.2) is 16.9 Å². The standard InChI is InChI=1S/C13H21N3O/c14-8-1-2-9-15-11-4-3-5-12-10(11)6-7-13(17)16-12/h6-7,11,15H,1-5,8-9,14H2,(H,16,17). The zero-order valence-corrected chi connectivity index (χ0v) is 10.2. The lowest BCUT2D eigenvalue weighted by Crippen LogP contribution is -2.28. The molecule has 1 aromatic rings. The fourth-order valence-electron chi connectivity index (χ4n) is 2.46. The predicted molar refractivity (Wildman–Crippen MR) is 69.0 cm³/mol. The summed E-state index contributed by atoms with van der Waals surface area (Å²) in [7, 11) is 0. The molecule has 0 aromatic carbocycles. The van der Waals surface area contributed by atoms with E-state index in [9.17, 15) is 4.79 Å². The van der Waals surface area contributed by atoms with Crippen molar-refractivity contribution in [2.24, 2.45) is 5.73 Å². The predicted octanol–water partition coefficient (Wildman–Crippen LogP) is 1.08.